The van der Waals surface area contributed by atoms with Gasteiger partial charge < -0.3 is 4.74 Å². The van der Waals surface area contributed by atoms with E-state index in [9.17, 15) is 18.0 Å². The van der Waals surface area contributed by atoms with Gasteiger partial charge in [-0.25, -0.2) is 0 Å². The molecule has 25 heavy (non-hydrogen) atoms. The zero-order chi connectivity index (χ0) is 19.2. The average molecular weight is 381 g/mol. The summed E-state index contributed by atoms with van der Waals surface area (Å²) in [5.41, 5.74) is -0.559. The molecule has 5 unspecified atom stereocenters. The second-order valence-electron chi connectivity index (χ2n) is 8.64. The van der Waals surface area contributed by atoms with E-state index < -0.39 is 28.5 Å². The molecule has 144 valence electrons. The van der Waals surface area contributed by atoms with Gasteiger partial charge in [0.15, 0.2) is 0 Å². The van der Waals surface area contributed by atoms with Crippen molar-refractivity contribution in [2.75, 3.05) is 0 Å². The lowest BCUT2D eigenvalue weighted by atomic mass is 9.75. The predicted octanol–water partition coefficient (Wildman–Crippen LogP) is 5.95. The van der Waals surface area contributed by atoms with Crippen molar-refractivity contribution < 1.29 is 22.7 Å². The third kappa shape index (κ3) is 4.53. The molecule has 0 aromatic rings. The van der Waals surface area contributed by atoms with Crippen LogP contribution >= 0.6 is 11.6 Å². The third-order valence-corrected chi connectivity index (χ3v) is 6.33. The number of halogens is 4. The van der Waals surface area contributed by atoms with Crippen LogP contribution in [0.4, 0.5) is 13.2 Å². The van der Waals surface area contributed by atoms with Gasteiger partial charge in [0.2, 0.25) is 0 Å². The molecule has 0 aliphatic heterocycles. The molecule has 2 aliphatic rings. The zero-order valence-electron chi connectivity index (χ0n) is 15.5. The first kappa shape index (κ1) is 20.6. The summed E-state index contributed by atoms with van der Waals surface area (Å²) < 4.78 is 43.8. The summed E-state index contributed by atoms with van der Waals surface area (Å²) in [4.78, 5) is 12.6. The summed E-state index contributed by atoms with van der Waals surface area (Å²) in [5, 5.41) is -1.16. The fraction of sp³-hybridized carbons (Fsp3) is 0.842. The first-order valence-electron chi connectivity index (χ1n) is 9.00. The number of ether oxygens (including phenoxy) is 1. The van der Waals surface area contributed by atoms with Gasteiger partial charge in [-0.2, -0.15) is 13.2 Å². The Morgan fingerprint density at radius 2 is 1.88 bits per heavy atom. The molecule has 0 aromatic heterocycles. The van der Waals surface area contributed by atoms with Crippen molar-refractivity contribution in [3.63, 3.8) is 0 Å². The van der Waals surface area contributed by atoms with E-state index in [0.717, 1.165) is 25.3 Å². The largest absolute Gasteiger partial charge is 0.462 e. The Hall–Kier alpha value is -0.710. The second-order valence-corrected chi connectivity index (χ2v) is 9.05. The van der Waals surface area contributed by atoms with Crippen molar-refractivity contribution in [2.24, 2.45) is 35.0 Å². The maximum atomic E-state index is 12.7. The molecular formula is C19H28ClF3O2. The molecular weight excluding hydrogens is 353 g/mol. The summed E-state index contributed by atoms with van der Waals surface area (Å²) in [6.07, 6.45) is -0.777. The minimum atomic E-state index is -4.57. The number of allylic oxidation sites excluding steroid dienone is 2. The molecule has 2 nitrogen and oxygen atoms in total. The van der Waals surface area contributed by atoms with Crippen LogP contribution in [0.2, 0.25) is 0 Å². The van der Waals surface area contributed by atoms with Crippen LogP contribution in [0.5, 0.6) is 0 Å². The highest BCUT2D eigenvalue weighted by Gasteiger charge is 2.62. The summed E-state index contributed by atoms with van der Waals surface area (Å²) in [6, 6.07) is 0. The van der Waals surface area contributed by atoms with Gasteiger partial charge in [-0.1, -0.05) is 58.7 Å². The molecule has 5 atom stereocenters. The zero-order valence-corrected chi connectivity index (χ0v) is 16.2. The Morgan fingerprint density at radius 1 is 1.28 bits per heavy atom. The molecule has 2 aliphatic carbocycles. The van der Waals surface area contributed by atoms with Crippen LogP contribution in [0.15, 0.2) is 11.1 Å². The molecule has 2 saturated carbocycles. The lowest BCUT2D eigenvalue weighted by molar-refractivity contribution is -0.158. The summed E-state index contributed by atoms with van der Waals surface area (Å²) in [7, 11) is 0. The number of hydrogen-bond acceptors (Lipinski definition) is 2. The first-order valence-corrected chi connectivity index (χ1v) is 9.38. The Bertz CT molecular complexity index is 539. The molecule has 0 heterocycles. The Labute approximate surface area is 153 Å². The Balaban J connectivity index is 2.07. The maximum absolute atomic E-state index is 12.7. The number of hydrogen-bond donors (Lipinski definition) is 0. The molecule has 0 saturated heterocycles. The number of alkyl halides is 3. The molecule has 0 radical (unpaired) electrons. The minimum Gasteiger partial charge on any atom is -0.462 e. The SMILES string of the molecule is CC1CCC(C(C)C)C(OC(=O)C2C(C=C(Cl)C(F)(F)F)C2(C)C)C1. The van der Waals surface area contributed by atoms with Crippen molar-refractivity contribution in [2.45, 2.75) is 66.2 Å². The van der Waals surface area contributed by atoms with E-state index in [2.05, 4.69) is 20.8 Å². The quantitative estimate of drug-likeness (QED) is 0.563. The standard InChI is InChI=1S/C19H28ClF3O2/c1-10(2)12-7-6-11(3)8-14(12)25-17(24)16-13(18(16,4)5)9-15(20)19(21,22)23/h9-14,16H,6-8H2,1-5H3. The Morgan fingerprint density at radius 3 is 2.40 bits per heavy atom. The van der Waals surface area contributed by atoms with Crippen LogP contribution < -0.4 is 0 Å². The van der Waals surface area contributed by atoms with Crippen LogP contribution in [0.1, 0.15) is 53.9 Å². The molecule has 0 N–H and O–H groups in total. The van der Waals surface area contributed by atoms with E-state index in [1.54, 1.807) is 13.8 Å². The second kappa shape index (κ2) is 7.13. The fourth-order valence-corrected chi connectivity index (χ4v) is 4.30. The van der Waals surface area contributed by atoms with E-state index >= 15 is 0 Å². The van der Waals surface area contributed by atoms with E-state index in [1.165, 1.54) is 0 Å². The van der Waals surface area contributed by atoms with Crippen molar-refractivity contribution in [3.8, 4) is 0 Å². The number of carbonyl (C=O) groups excluding carboxylic acids is 1. The van der Waals surface area contributed by atoms with E-state index in [4.69, 9.17) is 16.3 Å². The highest BCUT2D eigenvalue weighted by Crippen LogP contribution is 2.60. The maximum Gasteiger partial charge on any atom is 0.426 e. The molecule has 0 bridgehead atoms. The van der Waals surface area contributed by atoms with Gasteiger partial charge in [-0.15, -0.1) is 0 Å². The normalized spacial score (nSPS) is 35.6. The van der Waals surface area contributed by atoms with Crippen molar-refractivity contribution >= 4 is 17.6 Å². The van der Waals surface area contributed by atoms with Gasteiger partial charge >= 0.3 is 12.1 Å². The molecule has 0 aromatic carbocycles. The Kier molecular flexibility index (Phi) is 5.87. The molecule has 6 heteroatoms. The molecule has 2 rings (SSSR count). The van der Waals surface area contributed by atoms with Crippen LogP contribution in [-0.2, 0) is 9.53 Å². The lowest BCUT2D eigenvalue weighted by Crippen LogP contribution is -2.36. The number of carbonyl (C=O) groups is 1. The number of rotatable bonds is 4. The van der Waals surface area contributed by atoms with E-state index in [0.29, 0.717) is 17.8 Å². The highest BCUT2D eigenvalue weighted by atomic mass is 35.5. The minimum absolute atomic E-state index is 0.143. The summed E-state index contributed by atoms with van der Waals surface area (Å²) >= 11 is 5.35. The average Bonchev–Trinajstić information content (AvgIpc) is 2.98. The smallest absolute Gasteiger partial charge is 0.426 e. The van der Waals surface area contributed by atoms with Crippen molar-refractivity contribution in [1.29, 1.82) is 0 Å². The van der Waals surface area contributed by atoms with Crippen LogP contribution in [0.3, 0.4) is 0 Å². The lowest BCUT2D eigenvalue weighted by Gasteiger charge is -2.36. The van der Waals surface area contributed by atoms with Crippen molar-refractivity contribution in [1.82, 2.24) is 0 Å². The number of esters is 1. The monoisotopic (exact) mass is 380 g/mol. The van der Waals surface area contributed by atoms with Gasteiger partial charge in [0, 0.05) is 0 Å². The van der Waals surface area contributed by atoms with Gasteiger partial charge in [0.05, 0.1) is 5.92 Å². The molecule has 0 amide bonds. The van der Waals surface area contributed by atoms with Crippen LogP contribution in [0.25, 0.3) is 0 Å². The highest BCUT2D eigenvalue weighted by molar-refractivity contribution is 6.30. The van der Waals surface area contributed by atoms with Crippen molar-refractivity contribution in [3.05, 3.63) is 11.1 Å². The molecule has 0 spiro atoms. The topological polar surface area (TPSA) is 26.3 Å². The first-order chi connectivity index (χ1) is 11.4. The van der Waals surface area contributed by atoms with Crippen LogP contribution in [-0.4, -0.2) is 18.2 Å². The fourth-order valence-electron chi connectivity index (χ4n) is 4.16. The molecule has 2 fully saturated rings. The third-order valence-electron chi connectivity index (χ3n) is 5.99. The summed E-state index contributed by atoms with van der Waals surface area (Å²) in [6.45, 7) is 9.95. The van der Waals surface area contributed by atoms with Crippen LogP contribution in [0, 0.1) is 35.0 Å². The van der Waals surface area contributed by atoms with Gasteiger partial charge in [0.25, 0.3) is 0 Å². The summed E-state index contributed by atoms with van der Waals surface area (Å²) in [5.74, 6) is -0.262. The van der Waals surface area contributed by atoms with Gasteiger partial charge in [0.1, 0.15) is 11.1 Å². The van der Waals surface area contributed by atoms with E-state index in [-0.39, 0.29) is 12.1 Å². The predicted molar refractivity (Wildman–Crippen MR) is 92.0 cm³/mol. The van der Waals surface area contributed by atoms with E-state index in [1.807, 2.05) is 0 Å². The van der Waals surface area contributed by atoms with Gasteiger partial charge in [-0.05, 0) is 41.9 Å². The van der Waals surface area contributed by atoms with Gasteiger partial charge in [-0.3, -0.25) is 4.79 Å².